The lowest BCUT2D eigenvalue weighted by Gasteiger charge is -2.07. The van der Waals surface area contributed by atoms with E-state index in [-0.39, 0.29) is 12.3 Å². The molecule has 4 nitrogen and oxygen atoms in total. The van der Waals surface area contributed by atoms with Crippen molar-refractivity contribution in [3.05, 3.63) is 95.4 Å². The van der Waals surface area contributed by atoms with Gasteiger partial charge in [0.25, 0.3) is 0 Å². The lowest BCUT2D eigenvalue weighted by atomic mass is 10.1. The molecule has 0 spiro atoms. The number of carbonyl (C=O) groups excluding carboxylic acids is 1. The minimum atomic E-state index is -0.104. The van der Waals surface area contributed by atoms with E-state index in [1.54, 1.807) is 0 Å². The lowest BCUT2D eigenvalue weighted by molar-refractivity contribution is -0.115. The third kappa shape index (κ3) is 3.34. The molecule has 1 amide bonds. The van der Waals surface area contributed by atoms with Gasteiger partial charge in [0.1, 0.15) is 5.76 Å². The third-order valence-corrected chi connectivity index (χ3v) is 5.32. The molecule has 0 atom stereocenters. The number of amides is 1. The molecule has 3 aromatic carbocycles. The van der Waals surface area contributed by atoms with Gasteiger partial charge >= 0.3 is 0 Å². The van der Waals surface area contributed by atoms with Crippen molar-refractivity contribution < 1.29 is 9.21 Å². The van der Waals surface area contributed by atoms with Gasteiger partial charge < -0.3 is 9.73 Å². The van der Waals surface area contributed by atoms with Gasteiger partial charge in [0.2, 0.25) is 11.8 Å². The number of fused-ring (bicyclic) bond motifs is 3. The molecule has 1 N–H and O–H groups in total. The second-order valence-corrected chi connectivity index (χ2v) is 7.32. The molecular weight excluding hydrogens is 360 g/mol. The highest BCUT2D eigenvalue weighted by Crippen LogP contribution is 2.37. The van der Waals surface area contributed by atoms with Crippen LogP contribution in [0, 0.1) is 6.92 Å². The Balaban J connectivity index is 1.33. The number of nitrogens with zero attached hydrogens (tertiary/aromatic N) is 1. The number of nitrogens with one attached hydrogen (secondary N) is 1. The van der Waals surface area contributed by atoms with Gasteiger partial charge in [0.05, 0.1) is 12.1 Å². The highest BCUT2D eigenvalue weighted by atomic mass is 16.4. The summed E-state index contributed by atoms with van der Waals surface area (Å²) in [7, 11) is 0. The fourth-order valence-corrected chi connectivity index (χ4v) is 3.85. The second-order valence-electron chi connectivity index (χ2n) is 7.32. The minimum Gasteiger partial charge on any atom is -0.441 e. The van der Waals surface area contributed by atoms with E-state index in [1.165, 1.54) is 22.3 Å². The number of hydrogen-bond acceptors (Lipinski definition) is 3. The average molecular weight is 380 g/mol. The van der Waals surface area contributed by atoms with Crippen molar-refractivity contribution in [2.45, 2.75) is 19.8 Å². The molecule has 142 valence electrons. The van der Waals surface area contributed by atoms with E-state index in [4.69, 9.17) is 4.42 Å². The van der Waals surface area contributed by atoms with Gasteiger partial charge in [-0.05, 0) is 59.9 Å². The minimum absolute atomic E-state index is 0.104. The summed E-state index contributed by atoms with van der Waals surface area (Å²) >= 11 is 0. The number of aryl methyl sites for hydroxylation is 1. The molecule has 1 aliphatic rings. The Kier molecular flexibility index (Phi) is 4.24. The van der Waals surface area contributed by atoms with Gasteiger partial charge in [-0.25, -0.2) is 4.98 Å². The number of hydrogen-bond donors (Lipinski definition) is 1. The zero-order valence-electron chi connectivity index (χ0n) is 16.1. The summed E-state index contributed by atoms with van der Waals surface area (Å²) in [6.45, 7) is 1.84. The predicted octanol–water partition coefficient (Wildman–Crippen LogP) is 5.40. The molecule has 5 rings (SSSR count). The van der Waals surface area contributed by atoms with E-state index in [2.05, 4.69) is 46.7 Å². The number of oxazole rings is 1. The highest BCUT2D eigenvalue weighted by Gasteiger charge is 2.19. The Bertz CT molecular complexity index is 1210. The number of rotatable bonds is 4. The Labute approximate surface area is 169 Å². The molecule has 0 radical (unpaired) electrons. The maximum atomic E-state index is 12.6. The summed E-state index contributed by atoms with van der Waals surface area (Å²) in [6.07, 6.45) is 1.12. The quantitative estimate of drug-likeness (QED) is 0.454. The van der Waals surface area contributed by atoms with Crippen molar-refractivity contribution >= 4 is 11.6 Å². The Morgan fingerprint density at radius 3 is 2.59 bits per heavy atom. The smallest absolute Gasteiger partial charge is 0.230 e. The Morgan fingerprint density at radius 1 is 0.966 bits per heavy atom. The van der Waals surface area contributed by atoms with Crippen LogP contribution >= 0.6 is 0 Å². The first kappa shape index (κ1) is 17.4. The summed E-state index contributed by atoms with van der Waals surface area (Å²) in [5.41, 5.74) is 7.44. The van der Waals surface area contributed by atoms with Gasteiger partial charge in [0.15, 0.2) is 0 Å². The van der Waals surface area contributed by atoms with Crippen LogP contribution in [0.4, 0.5) is 5.69 Å². The molecule has 0 saturated heterocycles. The molecule has 1 aromatic heterocycles. The lowest BCUT2D eigenvalue weighted by Crippen LogP contribution is -2.15. The van der Waals surface area contributed by atoms with Gasteiger partial charge in [-0.2, -0.15) is 0 Å². The summed E-state index contributed by atoms with van der Waals surface area (Å²) in [4.78, 5) is 17.2. The van der Waals surface area contributed by atoms with Crippen LogP contribution in [0.15, 0.2) is 77.2 Å². The molecular formula is C25H20N2O2. The number of aromatic nitrogens is 1. The van der Waals surface area contributed by atoms with E-state index in [1.807, 2.05) is 43.3 Å². The molecule has 0 unspecified atom stereocenters. The van der Waals surface area contributed by atoms with Crippen molar-refractivity contribution in [3.8, 4) is 22.6 Å². The maximum absolute atomic E-state index is 12.6. The predicted molar refractivity (Wildman–Crippen MR) is 114 cm³/mol. The highest BCUT2D eigenvalue weighted by molar-refractivity contribution is 5.93. The molecule has 4 aromatic rings. The molecule has 29 heavy (non-hydrogen) atoms. The molecule has 4 heteroatoms. The van der Waals surface area contributed by atoms with Crippen LogP contribution in [0.25, 0.3) is 22.6 Å². The fourth-order valence-electron chi connectivity index (χ4n) is 3.85. The van der Waals surface area contributed by atoms with E-state index >= 15 is 0 Å². The van der Waals surface area contributed by atoms with E-state index in [0.717, 1.165) is 17.7 Å². The SMILES string of the molecule is Cc1oc(-c2ccccc2)nc1CC(=O)Nc1ccc2c(c1)-c1ccccc1C2. The summed E-state index contributed by atoms with van der Waals surface area (Å²) in [5, 5.41) is 3.01. The van der Waals surface area contributed by atoms with Crippen molar-refractivity contribution in [1.82, 2.24) is 4.98 Å². The maximum Gasteiger partial charge on any atom is 0.230 e. The van der Waals surface area contributed by atoms with E-state index in [0.29, 0.717) is 17.3 Å². The molecule has 0 fully saturated rings. The largest absolute Gasteiger partial charge is 0.441 e. The van der Waals surface area contributed by atoms with Crippen molar-refractivity contribution in [3.63, 3.8) is 0 Å². The Morgan fingerprint density at radius 2 is 1.72 bits per heavy atom. The third-order valence-electron chi connectivity index (χ3n) is 5.32. The topological polar surface area (TPSA) is 55.1 Å². The van der Waals surface area contributed by atoms with Crippen molar-refractivity contribution in [2.24, 2.45) is 0 Å². The van der Waals surface area contributed by atoms with Crippen LogP contribution in [-0.4, -0.2) is 10.9 Å². The molecule has 1 heterocycles. The summed E-state index contributed by atoms with van der Waals surface area (Å²) in [5.74, 6) is 1.11. The van der Waals surface area contributed by atoms with Gasteiger partial charge in [0, 0.05) is 11.3 Å². The zero-order valence-corrected chi connectivity index (χ0v) is 16.1. The standard InChI is InChI=1S/C25H20N2O2/c1-16-23(27-25(29-16)17-7-3-2-4-8-17)15-24(28)26-20-12-11-19-13-18-9-5-6-10-21(18)22(19)14-20/h2-12,14H,13,15H2,1H3,(H,26,28). The van der Waals surface area contributed by atoms with Crippen molar-refractivity contribution in [2.75, 3.05) is 5.32 Å². The second kappa shape index (κ2) is 7.06. The van der Waals surface area contributed by atoms with Crippen LogP contribution in [0.5, 0.6) is 0 Å². The number of carbonyl (C=O) groups is 1. The van der Waals surface area contributed by atoms with Crippen LogP contribution < -0.4 is 5.32 Å². The Hall–Kier alpha value is -3.66. The number of anilines is 1. The van der Waals surface area contributed by atoms with E-state index in [9.17, 15) is 4.79 Å². The molecule has 0 saturated carbocycles. The van der Waals surface area contributed by atoms with Gasteiger partial charge in [-0.3, -0.25) is 4.79 Å². The first-order chi connectivity index (χ1) is 14.2. The van der Waals surface area contributed by atoms with Crippen LogP contribution in [-0.2, 0) is 17.6 Å². The summed E-state index contributed by atoms with van der Waals surface area (Å²) in [6, 6.07) is 24.2. The van der Waals surface area contributed by atoms with Crippen LogP contribution in [0.1, 0.15) is 22.6 Å². The summed E-state index contributed by atoms with van der Waals surface area (Å²) < 4.78 is 5.76. The normalized spacial score (nSPS) is 11.8. The fraction of sp³-hybridized carbons (Fsp3) is 0.120. The van der Waals surface area contributed by atoms with Crippen LogP contribution in [0.3, 0.4) is 0 Å². The molecule has 0 aliphatic heterocycles. The van der Waals surface area contributed by atoms with Gasteiger partial charge in [-0.15, -0.1) is 0 Å². The molecule has 1 aliphatic carbocycles. The number of benzene rings is 3. The first-order valence-corrected chi connectivity index (χ1v) is 9.70. The monoisotopic (exact) mass is 380 g/mol. The van der Waals surface area contributed by atoms with Crippen LogP contribution in [0.2, 0.25) is 0 Å². The molecule has 0 bridgehead atoms. The van der Waals surface area contributed by atoms with E-state index < -0.39 is 0 Å². The van der Waals surface area contributed by atoms with Gasteiger partial charge in [-0.1, -0.05) is 48.5 Å². The first-order valence-electron chi connectivity index (χ1n) is 9.70. The average Bonchev–Trinajstić information content (AvgIpc) is 3.29. The zero-order chi connectivity index (χ0) is 19.8. The van der Waals surface area contributed by atoms with Crippen molar-refractivity contribution in [1.29, 1.82) is 0 Å².